The monoisotopic (exact) mass is 477 g/mol. The number of rotatable bonds is 5. The van der Waals surface area contributed by atoms with E-state index in [4.69, 9.17) is 28.9 Å². The van der Waals surface area contributed by atoms with Crippen molar-refractivity contribution >= 4 is 55.9 Å². The molecular weight excluding hydrogens is 455 g/mol. The van der Waals surface area contributed by atoms with Crippen LogP contribution in [0.2, 0.25) is 10.0 Å². The second-order valence-corrected chi connectivity index (χ2v) is 8.90. The summed E-state index contributed by atoms with van der Waals surface area (Å²) in [6.07, 6.45) is 0. The largest absolute Gasteiger partial charge is 0.353 e. The fourth-order valence-electron chi connectivity index (χ4n) is 3.08. The van der Waals surface area contributed by atoms with Gasteiger partial charge in [0.15, 0.2) is 0 Å². The Bertz CT molecular complexity index is 1300. The number of benzene rings is 3. The number of halogens is 2. The molecule has 3 aromatic carbocycles. The van der Waals surface area contributed by atoms with E-state index in [2.05, 4.69) is 9.71 Å². The number of nitrogen functional groups attached to an aromatic ring is 1. The topological polar surface area (TPSA) is 91.9 Å². The van der Waals surface area contributed by atoms with Crippen molar-refractivity contribution in [3.8, 4) is 0 Å². The molecule has 0 atom stereocenters. The summed E-state index contributed by atoms with van der Waals surface area (Å²) in [5, 5.41) is 0.169. The van der Waals surface area contributed by atoms with Crippen LogP contribution >= 0.6 is 23.2 Å². The first-order valence-corrected chi connectivity index (χ1v) is 11.9. The average Bonchev–Trinajstić information content (AvgIpc) is 3.07. The summed E-state index contributed by atoms with van der Waals surface area (Å²) in [4.78, 5) is 3.07. The summed E-state index contributed by atoms with van der Waals surface area (Å²) in [6.45, 7) is 4.54. The molecule has 1 aromatic heterocycles. The highest BCUT2D eigenvalue weighted by atomic mass is 35.5. The number of aromatic amines is 1. The van der Waals surface area contributed by atoms with Gasteiger partial charge in [-0.25, -0.2) is 18.0 Å². The summed E-state index contributed by atoms with van der Waals surface area (Å²) in [5.41, 5.74) is 9.43. The minimum atomic E-state index is -3.86. The number of fused-ring (bicyclic) bond motifs is 1. The first-order valence-electron chi connectivity index (χ1n) is 9.67. The Morgan fingerprint density at radius 2 is 1.65 bits per heavy atom. The van der Waals surface area contributed by atoms with Gasteiger partial charge in [-0.2, -0.15) is 0 Å². The van der Waals surface area contributed by atoms with E-state index in [0.29, 0.717) is 18.2 Å². The minimum Gasteiger partial charge on any atom is -0.290 e. The summed E-state index contributed by atoms with van der Waals surface area (Å²) >= 11 is 12.0. The summed E-state index contributed by atoms with van der Waals surface area (Å²) in [6, 6.07) is 19.4. The van der Waals surface area contributed by atoms with Gasteiger partial charge in [-0.15, -0.1) is 0 Å². The zero-order valence-electron chi connectivity index (χ0n) is 17.1. The number of hydrogen-bond acceptors (Lipinski definition) is 3. The number of sulfonamides is 1. The van der Waals surface area contributed by atoms with Crippen molar-refractivity contribution in [2.24, 2.45) is 0 Å². The van der Waals surface area contributed by atoms with Gasteiger partial charge in [0.2, 0.25) is 0 Å². The van der Waals surface area contributed by atoms with Crippen LogP contribution in [0.3, 0.4) is 0 Å². The van der Waals surface area contributed by atoms with E-state index in [0.717, 1.165) is 16.6 Å². The molecule has 31 heavy (non-hydrogen) atoms. The highest BCUT2D eigenvalue weighted by Crippen LogP contribution is 2.30. The fraction of sp³-hybridized carbons (Fsp3) is 0.136. The maximum Gasteiger partial charge on any atom is 0.353 e. The lowest BCUT2D eigenvalue weighted by Gasteiger charge is -2.11. The Morgan fingerprint density at radius 1 is 0.968 bits per heavy atom. The highest BCUT2D eigenvalue weighted by molar-refractivity contribution is 7.92. The van der Waals surface area contributed by atoms with Gasteiger partial charge in [-0.05, 0) is 42.0 Å². The van der Waals surface area contributed by atoms with Crippen molar-refractivity contribution in [2.75, 3.05) is 10.5 Å². The van der Waals surface area contributed by atoms with E-state index in [1.54, 1.807) is 12.1 Å². The third-order valence-corrected chi connectivity index (χ3v) is 6.86. The van der Waals surface area contributed by atoms with Gasteiger partial charge in [0.1, 0.15) is 15.9 Å². The lowest BCUT2D eigenvalue weighted by molar-refractivity contribution is -0.647. The Balaban J connectivity index is 0.00000132. The smallest absolute Gasteiger partial charge is 0.290 e. The maximum absolute atomic E-state index is 12.6. The van der Waals surface area contributed by atoms with Crippen LogP contribution in [0, 0.1) is 0 Å². The van der Waals surface area contributed by atoms with Crippen LogP contribution in [0.25, 0.3) is 11.0 Å². The molecule has 4 aromatic rings. The molecule has 0 aliphatic rings. The third-order valence-electron chi connectivity index (χ3n) is 4.50. The first kappa shape index (κ1) is 22.9. The van der Waals surface area contributed by atoms with E-state index in [1.165, 1.54) is 18.2 Å². The van der Waals surface area contributed by atoms with Crippen LogP contribution in [0.5, 0.6) is 0 Å². The number of imidazole rings is 1. The second kappa shape index (κ2) is 9.60. The van der Waals surface area contributed by atoms with Gasteiger partial charge in [0, 0.05) is 5.69 Å². The van der Waals surface area contributed by atoms with E-state index >= 15 is 0 Å². The molecule has 0 radical (unpaired) electrons. The van der Waals surface area contributed by atoms with Crippen LogP contribution in [0.15, 0.2) is 71.6 Å². The van der Waals surface area contributed by atoms with E-state index < -0.39 is 10.0 Å². The number of nitrogens with one attached hydrogen (secondary N) is 2. The van der Waals surface area contributed by atoms with Gasteiger partial charge in [-0.1, -0.05) is 67.4 Å². The van der Waals surface area contributed by atoms with Gasteiger partial charge in [-0.3, -0.25) is 10.5 Å². The molecule has 1 heterocycles. The van der Waals surface area contributed by atoms with Crippen LogP contribution in [0.4, 0.5) is 11.6 Å². The zero-order chi connectivity index (χ0) is 22.6. The molecule has 0 saturated heterocycles. The molecule has 9 heteroatoms. The molecule has 0 spiro atoms. The van der Waals surface area contributed by atoms with E-state index in [-0.39, 0.29) is 14.9 Å². The predicted octanol–water partition coefficient (Wildman–Crippen LogP) is 5.22. The number of para-hydroxylation sites is 2. The minimum absolute atomic E-state index is 0.00972. The molecule has 0 bridgehead atoms. The first-order chi connectivity index (χ1) is 14.8. The van der Waals surface area contributed by atoms with Gasteiger partial charge in [0.25, 0.3) is 10.0 Å². The molecule has 0 aliphatic carbocycles. The number of anilines is 2. The Morgan fingerprint density at radius 3 is 2.35 bits per heavy atom. The molecule has 0 aliphatic heterocycles. The molecule has 162 valence electrons. The second-order valence-electron chi connectivity index (χ2n) is 6.47. The highest BCUT2D eigenvalue weighted by Gasteiger charge is 2.20. The predicted molar refractivity (Wildman–Crippen MR) is 127 cm³/mol. The van der Waals surface area contributed by atoms with E-state index in [9.17, 15) is 8.42 Å². The van der Waals surface area contributed by atoms with Gasteiger partial charge >= 0.3 is 5.95 Å². The van der Waals surface area contributed by atoms with Crippen molar-refractivity contribution < 1.29 is 13.0 Å². The zero-order valence-corrected chi connectivity index (χ0v) is 19.4. The van der Waals surface area contributed by atoms with E-state index in [1.807, 2.05) is 54.8 Å². The molecule has 0 fully saturated rings. The van der Waals surface area contributed by atoms with Crippen LogP contribution in [-0.2, 0) is 16.6 Å². The molecule has 0 unspecified atom stereocenters. The molecule has 4 rings (SSSR count). The van der Waals surface area contributed by atoms with Crippen molar-refractivity contribution in [1.29, 1.82) is 0 Å². The lowest BCUT2D eigenvalue weighted by Crippen LogP contribution is -2.36. The van der Waals surface area contributed by atoms with Gasteiger partial charge < -0.3 is 0 Å². The van der Waals surface area contributed by atoms with Crippen LogP contribution in [0.1, 0.15) is 19.4 Å². The number of hydrogen-bond donors (Lipinski definition) is 3. The Kier molecular flexibility index (Phi) is 7.10. The number of aromatic nitrogens is 2. The lowest BCUT2D eigenvalue weighted by atomic mass is 10.2. The Labute approximate surface area is 191 Å². The van der Waals surface area contributed by atoms with Crippen LogP contribution < -0.4 is 15.0 Å². The maximum atomic E-state index is 12.6. The summed E-state index contributed by atoms with van der Waals surface area (Å²) in [5.74, 6) is 0.548. The fourth-order valence-corrected chi connectivity index (χ4v) is 4.90. The molecular formula is C22H23Cl2N4O2S+. The SMILES string of the molecule is CC.Nc1[nH]c2ccccc2[n+]1Cc1ccc(NS(=O)(=O)c2cccc(Cl)c2Cl)cc1. The third kappa shape index (κ3) is 4.95. The normalized spacial score (nSPS) is 11.1. The number of nitrogens with two attached hydrogens (primary N) is 1. The number of nitrogens with zero attached hydrogens (tertiary/aromatic N) is 1. The molecule has 4 N–H and O–H groups in total. The average molecular weight is 478 g/mol. The van der Waals surface area contributed by atoms with Crippen molar-refractivity contribution in [2.45, 2.75) is 25.3 Å². The standard InChI is InChI=1S/C20H16Cl2N4O2S.C2H6/c21-15-4-3-7-18(19(15)22)29(27,28)25-14-10-8-13(9-11-14)12-26-17-6-2-1-5-16(17)24-20(26)23;1-2/h1-11,25H,12H2,(H2,23,24);1-2H3/p+1. The number of H-pyrrole nitrogens is 1. The van der Waals surface area contributed by atoms with Crippen molar-refractivity contribution in [3.05, 3.63) is 82.3 Å². The van der Waals surface area contributed by atoms with Crippen molar-refractivity contribution in [1.82, 2.24) is 4.98 Å². The van der Waals surface area contributed by atoms with Crippen LogP contribution in [-0.4, -0.2) is 13.4 Å². The molecule has 0 saturated carbocycles. The van der Waals surface area contributed by atoms with Crippen molar-refractivity contribution in [3.63, 3.8) is 0 Å². The summed E-state index contributed by atoms with van der Waals surface area (Å²) in [7, 11) is -3.86. The summed E-state index contributed by atoms with van der Waals surface area (Å²) < 4.78 is 29.7. The Hall–Kier alpha value is -2.74. The molecule has 0 amide bonds. The quantitative estimate of drug-likeness (QED) is 0.344. The molecule has 6 nitrogen and oxygen atoms in total. The van der Waals surface area contributed by atoms with Gasteiger partial charge in [0.05, 0.1) is 16.6 Å².